The maximum Gasteiger partial charge on any atom is 0.0856 e. The van der Waals surface area contributed by atoms with E-state index in [-0.39, 0.29) is 0 Å². The number of nitrogens with two attached hydrogens (primary N) is 1. The summed E-state index contributed by atoms with van der Waals surface area (Å²) in [6.07, 6.45) is 2.30. The van der Waals surface area contributed by atoms with Crippen molar-refractivity contribution in [1.29, 1.82) is 0 Å². The molecule has 103 valence electrons. The van der Waals surface area contributed by atoms with Gasteiger partial charge in [-0.1, -0.05) is 0 Å². The van der Waals surface area contributed by atoms with Crippen LogP contribution < -0.4 is 5.73 Å². The Morgan fingerprint density at radius 3 is 2.11 bits per heavy atom. The molecule has 0 saturated heterocycles. The van der Waals surface area contributed by atoms with Crippen molar-refractivity contribution in [2.24, 2.45) is 5.73 Å². The van der Waals surface area contributed by atoms with Crippen LogP contribution in [0.4, 0.5) is 0 Å². The molecule has 1 unspecified atom stereocenters. The third-order valence-electron chi connectivity index (χ3n) is 3.09. The molecule has 0 spiro atoms. The second-order valence-corrected chi connectivity index (χ2v) is 6.21. The molecule has 2 rings (SSSR count). The van der Waals surface area contributed by atoms with Gasteiger partial charge in [-0.15, -0.1) is 0 Å². The zero-order valence-corrected chi connectivity index (χ0v) is 13.5. The normalized spacial score (nSPS) is 17.3. The standard InChI is InChI=1S/C10H9.C4H11NO3.Zr/c1-8-6-9-4-2-3-5-10(9)7-8;5-4(1-6,2-7)3-8;/h2-7H,1H3;6-8H,1-3,5H2;. The fourth-order valence-electron chi connectivity index (χ4n) is 1.63. The predicted molar refractivity (Wildman–Crippen MR) is 71.0 cm³/mol. The van der Waals surface area contributed by atoms with E-state index in [0.29, 0.717) is 0 Å². The van der Waals surface area contributed by atoms with E-state index in [1.807, 2.05) is 0 Å². The maximum atomic E-state index is 8.34. The van der Waals surface area contributed by atoms with Crippen molar-refractivity contribution in [3.05, 3.63) is 41.0 Å². The Balaban J connectivity index is 0.000000203. The molecule has 0 bridgehead atoms. The molecule has 19 heavy (non-hydrogen) atoms. The van der Waals surface area contributed by atoms with Crippen molar-refractivity contribution in [2.75, 3.05) is 19.8 Å². The van der Waals surface area contributed by atoms with Gasteiger partial charge in [-0.25, -0.2) is 0 Å². The Bertz CT molecular complexity index is 436. The Labute approximate surface area is 128 Å². The van der Waals surface area contributed by atoms with Crippen molar-refractivity contribution < 1.29 is 40.0 Å². The molecule has 1 atom stereocenters. The van der Waals surface area contributed by atoms with Crippen LogP contribution in [-0.4, -0.2) is 40.7 Å². The number of benzene rings is 1. The molecular formula is C14H20NO3Zr. The van der Waals surface area contributed by atoms with Crippen LogP contribution in [0.3, 0.4) is 0 Å². The molecule has 5 heteroatoms. The maximum absolute atomic E-state index is 8.34. The van der Waals surface area contributed by atoms with E-state index in [2.05, 4.69) is 37.3 Å². The quantitative estimate of drug-likeness (QED) is 0.639. The first-order valence-corrected chi connectivity index (χ1v) is 7.49. The first-order chi connectivity index (χ1) is 8.97. The number of rotatable bonds is 3. The molecule has 1 aromatic carbocycles. The zero-order valence-electron chi connectivity index (χ0n) is 11.0. The zero-order chi connectivity index (χ0) is 14.5. The average molecular weight is 342 g/mol. The van der Waals surface area contributed by atoms with E-state index in [0.717, 1.165) is 3.63 Å². The summed E-state index contributed by atoms with van der Waals surface area (Å²) in [7, 11) is 0. The molecule has 0 amide bonds. The van der Waals surface area contributed by atoms with Gasteiger partial charge in [0.1, 0.15) is 0 Å². The summed E-state index contributed by atoms with van der Waals surface area (Å²) < 4.78 is 0.721. The summed E-state index contributed by atoms with van der Waals surface area (Å²) in [5.74, 6) is 0. The molecule has 5 N–H and O–H groups in total. The van der Waals surface area contributed by atoms with Crippen LogP contribution in [-0.2, 0) is 24.7 Å². The van der Waals surface area contributed by atoms with Crippen LogP contribution in [0.25, 0.3) is 6.08 Å². The van der Waals surface area contributed by atoms with Gasteiger partial charge in [0.25, 0.3) is 0 Å². The fraction of sp³-hybridized carbons (Fsp3) is 0.429. The first-order valence-electron chi connectivity index (χ1n) is 6.07. The Kier molecular flexibility index (Phi) is 6.57. The van der Waals surface area contributed by atoms with Crippen molar-refractivity contribution in [1.82, 2.24) is 0 Å². The van der Waals surface area contributed by atoms with Crippen molar-refractivity contribution >= 4 is 6.08 Å². The largest absolute Gasteiger partial charge is 0.394 e. The summed E-state index contributed by atoms with van der Waals surface area (Å²) in [4.78, 5) is 0. The van der Waals surface area contributed by atoms with E-state index in [1.165, 1.54) is 16.7 Å². The van der Waals surface area contributed by atoms with Crippen LogP contribution >= 0.6 is 0 Å². The van der Waals surface area contributed by atoms with E-state index in [1.54, 1.807) is 24.7 Å². The van der Waals surface area contributed by atoms with Crippen LogP contribution in [0.2, 0.25) is 0 Å². The molecule has 4 nitrogen and oxygen atoms in total. The molecule has 0 heterocycles. The van der Waals surface area contributed by atoms with Crippen molar-refractivity contribution in [2.45, 2.75) is 16.1 Å². The second kappa shape index (κ2) is 7.46. The molecule has 0 aliphatic heterocycles. The summed E-state index contributed by atoms with van der Waals surface area (Å²) >= 11 is 1.60. The number of fused-ring (bicyclic) bond motifs is 1. The fourth-order valence-corrected chi connectivity index (χ4v) is 2.48. The smallest absolute Gasteiger partial charge is 0.0856 e. The van der Waals surface area contributed by atoms with Gasteiger partial charge in [0.05, 0.1) is 25.4 Å². The van der Waals surface area contributed by atoms with E-state index in [9.17, 15) is 0 Å². The van der Waals surface area contributed by atoms with Crippen molar-refractivity contribution in [3.63, 3.8) is 0 Å². The van der Waals surface area contributed by atoms with Gasteiger partial charge < -0.3 is 21.1 Å². The average Bonchev–Trinajstić information content (AvgIpc) is 2.74. The summed E-state index contributed by atoms with van der Waals surface area (Å²) in [5, 5.41) is 25.0. The second-order valence-electron chi connectivity index (χ2n) is 4.79. The number of hydrogen-bond acceptors (Lipinski definition) is 4. The Hall–Kier alpha value is -0.317. The third-order valence-corrected chi connectivity index (χ3v) is 4.97. The summed E-state index contributed by atoms with van der Waals surface area (Å²) in [6.45, 7) is 1.01. The molecule has 0 aromatic heterocycles. The van der Waals surface area contributed by atoms with E-state index < -0.39 is 25.4 Å². The Morgan fingerprint density at radius 1 is 1.16 bits per heavy atom. The van der Waals surface area contributed by atoms with E-state index in [4.69, 9.17) is 21.1 Å². The van der Waals surface area contributed by atoms with Crippen molar-refractivity contribution in [3.8, 4) is 0 Å². The van der Waals surface area contributed by atoms with Crippen LogP contribution in [0.1, 0.15) is 21.7 Å². The van der Waals surface area contributed by atoms with Gasteiger partial charge >= 0.3 is 82.3 Å². The van der Waals surface area contributed by atoms with Gasteiger partial charge in [-0.3, -0.25) is 0 Å². The molecule has 1 aliphatic rings. The molecule has 0 saturated carbocycles. The SMILES string of the molecule is CC1=Cc2ccccc2[CH]1[Zr].NC(CO)(CO)CO. The van der Waals surface area contributed by atoms with Crippen LogP contribution in [0.5, 0.6) is 0 Å². The third kappa shape index (κ3) is 4.33. The monoisotopic (exact) mass is 340 g/mol. The molecule has 1 aliphatic carbocycles. The Morgan fingerprint density at radius 2 is 1.68 bits per heavy atom. The molecule has 0 radical (unpaired) electrons. The minimum Gasteiger partial charge on any atom is -0.394 e. The number of allylic oxidation sites excluding steroid dienone is 1. The minimum absolute atomic E-state index is 0.403. The van der Waals surface area contributed by atoms with Gasteiger partial charge in [-0.05, 0) is 0 Å². The number of aliphatic hydroxyl groups excluding tert-OH is 3. The summed E-state index contributed by atoms with van der Waals surface area (Å²) in [5.41, 5.74) is 8.40. The summed E-state index contributed by atoms with van der Waals surface area (Å²) in [6, 6.07) is 8.67. The van der Waals surface area contributed by atoms with Gasteiger partial charge in [0, 0.05) is 0 Å². The molecular weight excluding hydrogens is 321 g/mol. The number of hydrogen-bond donors (Lipinski definition) is 4. The van der Waals surface area contributed by atoms with Gasteiger partial charge in [-0.2, -0.15) is 0 Å². The predicted octanol–water partition coefficient (Wildman–Crippen LogP) is 0.352. The first kappa shape index (κ1) is 16.7. The molecule has 1 aromatic rings. The minimum atomic E-state index is -1.21. The molecule has 0 fully saturated rings. The van der Waals surface area contributed by atoms with Crippen LogP contribution in [0, 0.1) is 0 Å². The van der Waals surface area contributed by atoms with Gasteiger partial charge in [0.2, 0.25) is 0 Å². The van der Waals surface area contributed by atoms with Crippen LogP contribution in [0.15, 0.2) is 29.8 Å². The van der Waals surface area contributed by atoms with Gasteiger partial charge in [0.15, 0.2) is 0 Å². The number of aliphatic hydroxyl groups is 3. The van der Waals surface area contributed by atoms with E-state index >= 15 is 0 Å². The topological polar surface area (TPSA) is 86.7 Å².